The second-order valence-corrected chi connectivity index (χ2v) is 7.17. The van der Waals surface area contributed by atoms with Gasteiger partial charge in [0.25, 0.3) is 0 Å². The molecule has 1 aliphatic rings. The number of benzene rings is 1. The van der Waals surface area contributed by atoms with E-state index in [0.717, 1.165) is 13.1 Å². The highest BCUT2D eigenvalue weighted by Crippen LogP contribution is 2.17. The van der Waals surface area contributed by atoms with Gasteiger partial charge in [0.15, 0.2) is 0 Å². The predicted molar refractivity (Wildman–Crippen MR) is 92.2 cm³/mol. The molecule has 3 N–H and O–H groups in total. The van der Waals surface area contributed by atoms with Crippen molar-refractivity contribution in [1.29, 1.82) is 0 Å². The van der Waals surface area contributed by atoms with Crippen LogP contribution in [0.4, 0.5) is 0 Å². The maximum Gasteiger partial charge on any atom is 0.320 e. The summed E-state index contributed by atoms with van der Waals surface area (Å²) in [7, 11) is 0. The fraction of sp³-hybridized carbons (Fsp3) is 0.611. The van der Waals surface area contributed by atoms with Gasteiger partial charge in [-0.2, -0.15) is 0 Å². The maximum atomic E-state index is 11.6. The van der Waals surface area contributed by atoms with E-state index in [4.69, 9.17) is 4.74 Å². The number of rotatable bonds is 5. The smallest absolute Gasteiger partial charge is 0.320 e. The normalized spacial score (nSPS) is 21.9. The highest BCUT2D eigenvalue weighted by atomic mass is 16.6. The van der Waals surface area contributed by atoms with Gasteiger partial charge in [0.1, 0.15) is 5.60 Å². The molecule has 1 aromatic rings. The van der Waals surface area contributed by atoms with E-state index in [0.29, 0.717) is 18.6 Å². The minimum atomic E-state index is -0.431. The molecule has 0 aliphatic carbocycles. The van der Waals surface area contributed by atoms with E-state index in [2.05, 4.69) is 47.1 Å². The summed E-state index contributed by atoms with van der Waals surface area (Å²) in [5.41, 5.74) is 2.08. The summed E-state index contributed by atoms with van der Waals surface area (Å²) in [6.07, 6.45) is 0.391. The van der Waals surface area contributed by atoms with Crippen LogP contribution in [0.1, 0.15) is 44.7 Å². The van der Waals surface area contributed by atoms with Crippen LogP contribution in [0.2, 0.25) is 0 Å². The molecular weight excluding hydrogens is 290 g/mol. The molecule has 0 unspecified atom stereocenters. The Bertz CT molecular complexity index is 500. The van der Waals surface area contributed by atoms with E-state index in [1.54, 1.807) is 0 Å². The first kappa shape index (κ1) is 17.9. The Morgan fingerprint density at radius 3 is 2.39 bits per heavy atom. The monoisotopic (exact) mass is 319 g/mol. The minimum absolute atomic E-state index is 0.220. The predicted octanol–water partition coefficient (Wildman–Crippen LogP) is 1.74. The lowest BCUT2D eigenvalue weighted by Crippen LogP contribution is -2.49. The molecule has 1 aliphatic heterocycles. The maximum absolute atomic E-state index is 11.6. The topological polar surface area (TPSA) is 62.4 Å². The lowest BCUT2D eigenvalue weighted by molar-refractivity contribution is -0.153. The van der Waals surface area contributed by atoms with Crippen LogP contribution in [0.5, 0.6) is 0 Å². The van der Waals surface area contributed by atoms with E-state index in [1.807, 2.05) is 20.8 Å². The van der Waals surface area contributed by atoms with Gasteiger partial charge in [-0.25, -0.2) is 0 Å². The van der Waals surface area contributed by atoms with Crippen molar-refractivity contribution in [3.05, 3.63) is 35.4 Å². The van der Waals surface area contributed by atoms with Crippen molar-refractivity contribution in [3.63, 3.8) is 0 Å². The highest BCUT2D eigenvalue weighted by molar-refractivity contribution is 5.72. The second kappa shape index (κ2) is 7.90. The molecule has 0 aromatic heterocycles. The lowest BCUT2D eigenvalue weighted by Gasteiger charge is -2.29. The van der Waals surface area contributed by atoms with Crippen LogP contribution in [0.15, 0.2) is 24.3 Å². The van der Waals surface area contributed by atoms with Crippen LogP contribution < -0.4 is 16.0 Å². The Morgan fingerprint density at radius 1 is 1.22 bits per heavy atom. The third-order valence-corrected chi connectivity index (χ3v) is 3.81. The van der Waals surface area contributed by atoms with E-state index >= 15 is 0 Å². The lowest BCUT2D eigenvalue weighted by atomic mass is 9.96. The average molecular weight is 319 g/mol. The van der Waals surface area contributed by atoms with Gasteiger partial charge in [-0.3, -0.25) is 4.79 Å². The number of hydrogen-bond donors (Lipinski definition) is 3. The van der Waals surface area contributed by atoms with Crippen molar-refractivity contribution in [2.45, 2.75) is 51.9 Å². The van der Waals surface area contributed by atoms with Gasteiger partial charge in [0, 0.05) is 25.6 Å². The highest BCUT2D eigenvalue weighted by Gasteiger charge is 2.18. The number of hydrogen-bond acceptors (Lipinski definition) is 5. The molecule has 5 nitrogen and oxygen atoms in total. The first-order chi connectivity index (χ1) is 10.8. The van der Waals surface area contributed by atoms with Gasteiger partial charge in [-0.15, -0.1) is 0 Å². The molecule has 23 heavy (non-hydrogen) atoms. The molecule has 128 valence electrons. The Balaban J connectivity index is 1.76. The average Bonchev–Trinajstić information content (AvgIpc) is 2.47. The molecule has 0 spiro atoms. The summed E-state index contributed by atoms with van der Waals surface area (Å²) in [6.45, 7) is 10.7. The third-order valence-electron chi connectivity index (χ3n) is 3.81. The fourth-order valence-corrected chi connectivity index (χ4v) is 2.61. The third kappa shape index (κ3) is 6.29. The number of ether oxygens (including phenoxy) is 1. The van der Waals surface area contributed by atoms with Crippen LogP contribution in [0, 0.1) is 0 Å². The van der Waals surface area contributed by atoms with Crippen LogP contribution >= 0.6 is 0 Å². The molecule has 1 fully saturated rings. The zero-order chi connectivity index (χ0) is 16.9. The molecule has 5 heteroatoms. The van der Waals surface area contributed by atoms with Crippen molar-refractivity contribution >= 4 is 5.97 Å². The molecule has 0 saturated carbocycles. The van der Waals surface area contributed by atoms with Crippen LogP contribution in [0.3, 0.4) is 0 Å². The Hall–Kier alpha value is -1.43. The summed E-state index contributed by atoms with van der Waals surface area (Å²) in [6, 6.07) is 8.59. The van der Waals surface area contributed by atoms with Gasteiger partial charge in [0.05, 0.1) is 12.7 Å². The number of carbonyl (C=O) groups excluding carboxylic acids is 1. The molecule has 0 radical (unpaired) electrons. The molecule has 0 amide bonds. The molecule has 1 saturated heterocycles. The molecule has 1 heterocycles. The fourth-order valence-electron chi connectivity index (χ4n) is 2.61. The number of esters is 1. The van der Waals surface area contributed by atoms with Crippen LogP contribution in [0.25, 0.3) is 0 Å². The van der Waals surface area contributed by atoms with E-state index < -0.39 is 5.60 Å². The van der Waals surface area contributed by atoms with Crippen molar-refractivity contribution < 1.29 is 9.53 Å². The van der Waals surface area contributed by atoms with Crippen molar-refractivity contribution in [2.24, 2.45) is 0 Å². The van der Waals surface area contributed by atoms with E-state index in [1.165, 1.54) is 11.1 Å². The first-order valence-electron chi connectivity index (χ1n) is 8.31. The summed E-state index contributed by atoms with van der Waals surface area (Å²) in [5.74, 6) is 0.289. The van der Waals surface area contributed by atoms with Gasteiger partial charge >= 0.3 is 5.97 Å². The Morgan fingerprint density at radius 2 is 1.83 bits per heavy atom. The first-order valence-corrected chi connectivity index (χ1v) is 8.31. The molecular formula is C18H29N3O2. The van der Waals surface area contributed by atoms with Crippen LogP contribution in [-0.4, -0.2) is 37.4 Å². The largest absolute Gasteiger partial charge is 0.459 e. The zero-order valence-electron chi connectivity index (χ0n) is 14.6. The van der Waals surface area contributed by atoms with Crippen LogP contribution in [-0.2, 0) is 16.1 Å². The van der Waals surface area contributed by atoms with Crippen molar-refractivity contribution in [3.8, 4) is 0 Å². The second-order valence-electron chi connectivity index (χ2n) is 7.17. The Kier molecular flexibility index (Phi) is 6.16. The minimum Gasteiger partial charge on any atom is -0.459 e. The van der Waals surface area contributed by atoms with E-state index in [9.17, 15) is 4.79 Å². The summed E-state index contributed by atoms with van der Waals surface area (Å²) < 4.78 is 5.27. The summed E-state index contributed by atoms with van der Waals surface area (Å²) in [5, 5.41) is 10.0. The summed E-state index contributed by atoms with van der Waals surface area (Å²) in [4.78, 5) is 11.6. The Labute approximate surface area is 139 Å². The molecule has 1 aromatic carbocycles. The standard InChI is InChI=1S/C18H29N3O2/c1-13-20-10-16(11-21-13)15-7-5-14(6-8-15)9-19-12-17(22)23-18(2,3)4/h5-8,13,16,19-21H,9-12H2,1-4H3. The SMILES string of the molecule is CC1NCC(c2ccc(CNCC(=O)OC(C)(C)C)cc2)CN1. The zero-order valence-corrected chi connectivity index (χ0v) is 14.6. The molecule has 0 atom stereocenters. The van der Waals surface area contributed by atoms with Gasteiger partial charge in [-0.1, -0.05) is 24.3 Å². The number of carbonyl (C=O) groups is 1. The summed E-state index contributed by atoms with van der Waals surface area (Å²) >= 11 is 0. The van der Waals surface area contributed by atoms with Gasteiger partial charge in [0.2, 0.25) is 0 Å². The van der Waals surface area contributed by atoms with Crippen molar-refractivity contribution in [1.82, 2.24) is 16.0 Å². The quantitative estimate of drug-likeness (QED) is 0.722. The number of nitrogens with one attached hydrogen (secondary N) is 3. The molecule has 2 rings (SSSR count). The molecule has 0 bridgehead atoms. The van der Waals surface area contributed by atoms with E-state index in [-0.39, 0.29) is 12.5 Å². The van der Waals surface area contributed by atoms with Gasteiger partial charge < -0.3 is 20.7 Å². The van der Waals surface area contributed by atoms with Gasteiger partial charge in [-0.05, 0) is 38.8 Å². The van der Waals surface area contributed by atoms with Crippen molar-refractivity contribution in [2.75, 3.05) is 19.6 Å².